The summed E-state index contributed by atoms with van der Waals surface area (Å²) in [6.07, 6.45) is 0.834. The summed E-state index contributed by atoms with van der Waals surface area (Å²) in [5.74, 6) is 1.39. The van der Waals surface area contributed by atoms with Gasteiger partial charge in [-0.15, -0.1) is 0 Å². The van der Waals surface area contributed by atoms with E-state index in [-0.39, 0.29) is 23.8 Å². The molecule has 2 amide bonds. The van der Waals surface area contributed by atoms with E-state index in [0.717, 1.165) is 23.3 Å². The van der Waals surface area contributed by atoms with Gasteiger partial charge in [0.1, 0.15) is 19.0 Å². The molecule has 0 radical (unpaired) electrons. The number of benzene rings is 2. The number of rotatable bonds is 4. The molecule has 6 heteroatoms. The Kier molecular flexibility index (Phi) is 4.17. The maximum atomic E-state index is 13.3. The van der Waals surface area contributed by atoms with E-state index in [1.165, 1.54) is 12.1 Å². The molecule has 1 heterocycles. The van der Waals surface area contributed by atoms with Crippen LogP contribution in [0.25, 0.3) is 0 Å². The van der Waals surface area contributed by atoms with E-state index in [9.17, 15) is 9.18 Å². The van der Waals surface area contributed by atoms with Crippen molar-refractivity contribution in [2.24, 2.45) is 0 Å². The van der Waals surface area contributed by atoms with Crippen molar-refractivity contribution < 1.29 is 18.7 Å². The average molecular weight is 342 g/mol. The van der Waals surface area contributed by atoms with Gasteiger partial charge in [-0.1, -0.05) is 18.2 Å². The van der Waals surface area contributed by atoms with Crippen molar-refractivity contribution >= 4 is 6.03 Å². The number of amides is 2. The normalized spacial score (nSPS) is 20.7. The average Bonchev–Trinajstić information content (AvgIpc) is 3.39. The zero-order valence-corrected chi connectivity index (χ0v) is 13.6. The minimum Gasteiger partial charge on any atom is -0.486 e. The van der Waals surface area contributed by atoms with Gasteiger partial charge in [-0.25, -0.2) is 9.18 Å². The molecule has 130 valence electrons. The smallest absolute Gasteiger partial charge is 0.315 e. The van der Waals surface area contributed by atoms with Crippen LogP contribution in [0.15, 0.2) is 42.5 Å². The standard InChI is InChI=1S/C19H19FN2O3/c20-14-3-1-2-13(9-14)15-10-16(15)22-19(23)21-11-12-4-5-17-18(8-12)25-7-6-24-17/h1-5,8-9,15-16H,6-7,10-11H2,(H2,21,22,23). The highest BCUT2D eigenvalue weighted by Gasteiger charge is 2.39. The topological polar surface area (TPSA) is 59.6 Å². The fourth-order valence-corrected chi connectivity index (χ4v) is 3.06. The van der Waals surface area contributed by atoms with E-state index < -0.39 is 0 Å². The molecule has 1 aliphatic carbocycles. The molecule has 0 spiro atoms. The minimum absolute atomic E-state index is 0.0575. The number of halogens is 1. The van der Waals surface area contributed by atoms with Crippen LogP contribution in [0.3, 0.4) is 0 Å². The molecule has 2 aromatic rings. The molecule has 2 aliphatic rings. The Labute approximate surface area is 145 Å². The van der Waals surface area contributed by atoms with Gasteiger partial charge in [0.05, 0.1) is 0 Å². The van der Waals surface area contributed by atoms with Crippen molar-refractivity contribution in [3.63, 3.8) is 0 Å². The van der Waals surface area contributed by atoms with E-state index in [4.69, 9.17) is 9.47 Å². The number of urea groups is 1. The van der Waals surface area contributed by atoms with Crippen molar-refractivity contribution in [3.8, 4) is 11.5 Å². The largest absolute Gasteiger partial charge is 0.486 e. The highest BCUT2D eigenvalue weighted by molar-refractivity contribution is 5.75. The van der Waals surface area contributed by atoms with Gasteiger partial charge in [0.2, 0.25) is 0 Å². The van der Waals surface area contributed by atoms with Gasteiger partial charge in [-0.05, 0) is 41.8 Å². The molecular formula is C19H19FN2O3. The second-order valence-electron chi connectivity index (χ2n) is 6.31. The maximum Gasteiger partial charge on any atom is 0.315 e. The molecule has 1 aliphatic heterocycles. The van der Waals surface area contributed by atoms with Crippen LogP contribution in [0.4, 0.5) is 9.18 Å². The molecule has 0 saturated heterocycles. The van der Waals surface area contributed by atoms with Crippen LogP contribution in [-0.4, -0.2) is 25.3 Å². The van der Waals surface area contributed by atoms with Gasteiger partial charge in [-0.2, -0.15) is 0 Å². The molecule has 1 saturated carbocycles. The van der Waals surface area contributed by atoms with Gasteiger partial charge in [-0.3, -0.25) is 0 Å². The van der Waals surface area contributed by atoms with E-state index in [0.29, 0.717) is 25.5 Å². The summed E-state index contributed by atoms with van der Waals surface area (Å²) >= 11 is 0. The second-order valence-corrected chi connectivity index (χ2v) is 6.31. The fraction of sp³-hybridized carbons (Fsp3) is 0.316. The van der Waals surface area contributed by atoms with Crippen molar-refractivity contribution in [3.05, 3.63) is 59.4 Å². The molecule has 25 heavy (non-hydrogen) atoms. The summed E-state index contributed by atoms with van der Waals surface area (Å²) in [5.41, 5.74) is 1.87. The summed E-state index contributed by atoms with van der Waals surface area (Å²) in [6, 6.07) is 12.0. The number of fused-ring (bicyclic) bond motifs is 1. The molecule has 4 rings (SSSR count). The number of hydrogen-bond acceptors (Lipinski definition) is 3. The van der Waals surface area contributed by atoms with Gasteiger partial charge in [0.15, 0.2) is 11.5 Å². The quantitative estimate of drug-likeness (QED) is 0.898. The van der Waals surface area contributed by atoms with Crippen LogP contribution in [0, 0.1) is 5.82 Å². The Morgan fingerprint density at radius 3 is 2.80 bits per heavy atom. The Morgan fingerprint density at radius 1 is 1.12 bits per heavy atom. The van der Waals surface area contributed by atoms with E-state index in [1.54, 1.807) is 6.07 Å². The van der Waals surface area contributed by atoms with Gasteiger partial charge >= 0.3 is 6.03 Å². The van der Waals surface area contributed by atoms with Crippen LogP contribution >= 0.6 is 0 Å². The summed E-state index contributed by atoms with van der Waals surface area (Å²) in [5, 5.41) is 5.77. The minimum atomic E-state index is -0.244. The van der Waals surface area contributed by atoms with Crippen LogP contribution in [0.1, 0.15) is 23.5 Å². The Balaban J connectivity index is 1.27. The molecule has 2 aromatic carbocycles. The van der Waals surface area contributed by atoms with Crippen LogP contribution in [0.5, 0.6) is 11.5 Å². The summed E-state index contributed by atoms with van der Waals surface area (Å²) in [7, 11) is 0. The lowest BCUT2D eigenvalue weighted by Gasteiger charge is -2.19. The highest BCUT2D eigenvalue weighted by atomic mass is 19.1. The number of carbonyl (C=O) groups excluding carboxylic acids is 1. The molecule has 2 unspecified atom stereocenters. The second kappa shape index (κ2) is 6.63. The fourth-order valence-electron chi connectivity index (χ4n) is 3.06. The first-order chi connectivity index (χ1) is 12.2. The number of carbonyl (C=O) groups is 1. The third-order valence-electron chi connectivity index (χ3n) is 4.44. The third-order valence-corrected chi connectivity index (χ3v) is 4.44. The van der Waals surface area contributed by atoms with Gasteiger partial charge < -0.3 is 20.1 Å². The van der Waals surface area contributed by atoms with Gasteiger partial charge in [0.25, 0.3) is 0 Å². The lowest BCUT2D eigenvalue weighted by Crippen LogP contribution is -2.36. The molecule has 1 fully saturated rings. The molecular weight excluding hydrogens is 323 g/mol. The lowest BCUT2D eigenvalue weighted by molar-refractivity contribution is 0.171. The summed E-state index contributed by atoms with van der Waals surface area (Å²) in [4.78, 5) is 12.0. The SMILES string of the molecule is O=C(NCc1ccc2c(c1)OCCO2)NC1CC1c1cccc(F)c1. The zero-order chi connectivity index (χ0) is 17.2. The molecule has 0 bridgehead atoms. The number of nitrogens with one attached hydrogen (secondary N) is 2. The van der Waals surface area contributed by atoms with E-state index >= 15 is 0 Å². The van der Waals surface area contributed by atoms with E-state index in [1.807, 2.05) is 24.3 Å². The summed E-state index contributed by atoms with van der Waals surface area (Å²) in [6.45, 7) is 1.49. The number of ether oxygens (including phenoxy) is 2. The maximum absolute atomic E-state index is 13.3. The third kappa shape index (κ3) is 3.68. The van der Waals surface area contributed by atoms with Crippen LogP contribution in [-0.2, 0) is 6.54 Å². The van der Waals surface area contributed by atoms with Crippen molar-refractivity contribution in [2.75, 3.05) is 13.2 Å². The van der Waals surface area contributed by atoms with Crippen molar-refractivity contribution in [1.29, 1.82) is 0 Å². The van der Waals surface area contributed by atoms with Gasteiger partial charge in [0, 0.05) is 18.5 Å². The predicted molar refractivity (Wildman–Crippen MR) is 90.3 cm³/mol. The van der Waals surface area contributed by atoms with Crippen LogP contribution < -0.4 is 20.1 Å². The van der Waals surface area contributed by atoms with Crippen molar-refractivity contribution in [1.82, 2.24) is 10.6 Å². The first-order valence-electron chi connectivity index (χ1n) is 8.37. The molecule has 0 aromatic heterocycles. The number of hydrogen-bond donors (Lipinski definition) is 2. The zero-order valence-electron chi connectivity index (χ0n) is 13.6. The molecule has 2 N–H and O–H groups in total. The first-order valence-corrected chi connectivity index (χ1v) is 8.37. The lowest BCUT2D eigenvalue weighted by atomic mass is 10.1. The Hall–Kier alpha value is -2.76. The van der Waals surface area contributed by atoms with Crippen molar-refractivity contribution in [2.45, 2.75) is 24.9 Å². The summed E-state index contributed by atoms with van der Waals surface area (Å²) < 4.78 is 24.3. The van der Waals surface area contributed by atoms with E-state index in [2.05, 4.69) is 10.6 Å². The first kappa shape index (κ1) is 15.7. The highest BCUT2D eigenvalue weighted by Crippen LogP contribution is 2.40. The monoisotopic (exact) mass is 342 g/mol. The predicted octanol–water partition coefficient (Wildman–Crippen LogP) is 2.95. The Bertz CT molecular complexity index is 796. The molecule has 5 nitrogen and oxygen atoms in total. The van der Waals surface area contributed by atoms with Crippen LogP contribution in [0.2, 0.25) is 0 Å². The molecule has 2 atom stereocenters. The Morgan fingerprint density at radius 2 is 1.96 bits per heavy atom.